The van der Waals surface area contributed by atoms with Gasteiger partial charge in [-0.1, -0.05) is 17.7 Å². The van der Waals surface area contributed by atoms with Crippen molar-refractivity contribution in [2.24, 2.45) is 0 Å². The first-order valence-corrected chi connectivity index (χ1v) is 6.16. The summed E-state index contributed by atoms with van der Waals surface area (Å²) in [5, 5.41) is 3.59. The molecule has 74 valence electrons. The van der Waals surface area contributed by atoms with Crippen LogP contribution in [0.4, 0.5) is 5.69 Å². The van der Waals surface area contributed by atoms with E-state index in [-0.39, 0.29) is 0 Å². The van der Waals surface area contributed by atoms with Crippen molar-refractivity contribution in [2.75, 3.05) is 16.9 Å². The summed E-state index contributed by atoms with van der Waals surface area (Å²) in [5.41, 5.74) is 4.14. The number of hydrogen-bond donors (Lipinski definition) is 1. The van der Waals surface area contributed by atoms with Crippen molar-refractivity contribution in [3.05, 3.63) is 29.3 Å². The summed E-state index contributed by atoms with van der Waals surface area (Å²) in [6.45, 7) is 3.27. The molecule has 2 aliphatic heterocycles. The molecule has 1 saturated heterocycles. The maximum Gasteiger partial charge on any atom is 0.0895 e. The number of fused-ring (bicyclic) bond motifs is 2. The Hall–Kier alpha value is -0.670. The second kappa shape index (κ2) is 3.17. The molecule has 1 unspecified atom stereocenters. The Morgan fingerprint density at radius 3 is 3.36 bits per heavy atom. The minimum atomic E-state index is 0.565. The number of nitrogens with zero attached hydrogens (tertiary/aromatic N) is 1. The molecule has 0 radical (unpaired) electrons. The molecule has 1 N–H and O–H groups in total. The minimum absolute atomic E-state index is 0.565. The number of rotatable bonds is 0. The van der Waals surface area contributed by atoms with E-state index in [9.17, 15) is 0 Å². The van der Waals surface area contributed by atoms with E-state index in [2.05, 4.69) is 35.3 Å². The number of anilines is 1. The van der Waals surface area contributed by atoms with Crippen LogP contribution in [0.3, 0.4) is 0 Å². The number of hydrogen-bond acceptors (Lipinski definition) is 3. The maximum atomic E-state index is 3.59. The van der Waals surface area contributed by atoms with E-state index >= 15 is 0 Å². The van der Waals surface area contributed by atoms with Gasteiger partial charge in [-0.3, -0.25) is 4.90 Å². The van der Waals surface area contributed by atoms with Gasteiger partial charge in [0.05, 0.1) is 6.17 Å². The summed E-state index contributed by atoms with van der Waals surface area (Å²) in [7, 11) is 0. The maximum absolute atomic E-state index is 3.59. The number of aryl methyl sites for hydroxylation is 1. The monoisotopic (exact) mass is 206 g/mol. The average Bonchev–Trinajstić information content (AvgIpc) is 2.61. The summed E-state index contributed by atoms with van der Waals surface area (Å²) in [6, 6.07) is 6.69. The molecule has 0 aliphatic carbocycles. The van der Waals surface area contributed by atoms with Gasteiger partial charge in [0.25, 0.3) is 0 Å². The van der Waals surface area contributed by atoms with Gasteiger partial charge in [0.15, 0.2) is 0 Å². The summed E-state index contributed by atoms with van der Waals surface area (Å²) in [6.07, 6.45) is 0.565. The summed E-state index contributed by atoms with van der Waals surface area (Å²) >= 11 is 2.02. The zero-order chi connectivity index (χ0) is 9.54. The van der Waals surface area contributed by atoms with Crippen molar-refractivity contribution in [2.45, 2.75) is 19.6 Å². The fourth-order valence-electron chi connectivity index (χ4n) is 2.16. The van der Waals surface area contributed by atoms with Gasteiger partial charge < -0.3 is 5.32 Å². The van der Waals surface area contributed by atoms with E-state index in [1.165, 1.54) is 28.4 Å². The molecule has 1 fully saturated rings. The second-order valence-corrected chi connectivity index (χ2v) is 5.07. The van der Waals surface area contributed by atoms with E-state index in [0.29, 0.717) is 6.17 Å². The van der Waals surface area contributed by atoms with Crippen molar-refractivity contribution in [3.8, 4) is 0 Å². The first-order valence-electron chi connectivity index (χ1n) is 5.01. The largest absolute Gasteiger partial charge is 0.369 e. The highest BCUT2D eigenvalue weighted by molar-refractivity contribution is 7.99. The fraction of sp³-hybridized carbons (Fsp3) is 0.455. The van der Waals surface area contributed by atoms with Gasteiger partial charge in [-0.2, -0.15) is 0 Å². The number of thioether (sulfide) groups is 1. The molecule has 1 aromatic rings. The van der Waals surface area contributed by atoms with E-state index in [1.807, 2.05) is 11.8 Å². The van der Waals surface area contributed by atoms with E-state index in [4.69, 9.17) is 0 Å². The van der Waals surface area contributed by atoms with Crippen LogP contribution in [0.5, 0.6) is 0 Å². The lowest BCUT2D eigenvalue weighted by molar-refractivity contribution is 0.269. The van der Waals surface area contributed by atoms with Gasteiger partial charge in [-0.15, -0.1) is 11.8 Å². The Balaban J connectivity index is 1.97. The molecule has 1 aromatic carbocycles. The molecule has 3 rings (SSSR count). The number of benzene rings is 1. The second-order valence-electron chi connectivity index (χ2n) is 4.07. The van der Waals surface area contributed by atoms with Crippen LogP contribution in [0.1, 0.15) is 11.1 Å². The van der Waals surface area contributed by atoms with Crippen LogP contribution >= 0.6 is 11.8 Å². The molecule has 0 amide bonds. The van der Waals surface area contributed by atoms with Crippen LogP contribution in [0.2, 0.25) is 0 Å². The van der Waals surface area contributed by atoms with Gasteiger partial charge in [-0.05, 0) is 18.6 Å². The van der Waals surface area contributed by atoms with Crippen LogP contribution in [0.25, 0.3) is 0 Å². The van der Waals surface area contributed by atoms with Crippen molar-refractivity contribution >= 4 is 17.4 Å². The Morgan fingerprint density at radius 2 is 2.43 bits per heavy atom. The van der Waals surface area contributed by atoms with Crippen molar-refractivity contribution in [1.29, 1.82) is 0 Å². The van der Waals surface area contributed by atoms with Gasteiger partial charge in [-0.25, -0.2) is 0 Å². The molecule has 0 saturated carbocycles. The van der Waals surface area contributed by atoms with E-state index < -0.39 is 0 Å². The quantitative estimate of drug-likeness (QED) is 0.701. The van der Waals surface area contributed by atoms with Crippen LogP contribution in [0.15, 0.2) is 18.2 Å². The average molecular weight is 206 g/mol. The van der Waals surface area contributed by atoms with Crippen molar-refractivity contribution < 1.29 is 0 Å². The molecule has 0 bridgehead atoms. The summed E-state index contributed by atoms with van der Waals surface area (Å²) < 4.78 is 0. The molecule has 3 heteroatoms. The predicted molar refractivity (Wildman–Crippen MR) is 61.5 cm³/mol. The zero-order valence-corrected chi connectivity index (χ0v) is 9.10. The van der Waals surface area contributed by atoms with Crippen LogP contribution < -0.4 is 5.32 Å². The Labute approximate surface area is 88.7 Å². The first-order chi connectivity index (χ1) is 6.83. The Morgan fingerprint density at radius 1 is 1.50 bits per heavy atom. The standard InChI is InChI=1S/C11H14N2S/c1-8-2-3-10-9(4-8)5-13-7-14-6-11(13)12-10/h2-4,11-12H,5-7H2,1H3. The van der Waals surface area contributed by atoms with Gasteiger partial charge in [0, 0.05) is 23.9 Å². The minimum Gasteiger partial charge on any atom is -0.369 e. The lowest BCUT2D eigenvalue weighted by Gasteiger charge is -2.32. The van der Waals surface area contributed by atoms with Gasteiger partial charge in [0.2, 0.25) is 0 Å². The molecule has 0 aromatic heterocycles. The zero-order valence-electron chi connectivity index (χ0n) is 8.29. The van der Waals surface area contributed by atoms with Crippen LogP contribution in [0, 0.1) is 6.92 Å². The fourth-order valence-corrected chi connectivity index (χ4v) is 3.29. The predicted octanol–water partition coefficient (Wildman–Crippen LogP) is 2.25. The smallest absolute Gasteiger partial charge is 0.0895 e. The lowest BCUT2D eigenvalue weighted by atomic mass is 10.1. The summed E-state index contributed by atoms with van der Waals surface area (Å²) in [5.74, 6) is 2.39. The molecular weight excluding hydrogens is 192 g/mol. The highest BCUT2D eigenvalue weighted by atomic mass is 32.2. The molecule has 2 heterocycles. The highest BCUT2D eigenvalue weighted by Gasteiger charge is 2.29. The number of nitrogens with one attached hydrogen (secondary N) is 1. The molecular formula is C11H14N2S. The molecule has 2 aliphatic rings. The van der Waals surface area contributed by atoms with E-state index in [0.717, 1.165) is 6.54 Å². The normalized spacial score (nSPS) is 25.4. The lowest BCUT2D eigenvalue weighted by Crippen LogP contribution is -2.40. The van der Waals surface area contributed by atoms with Crippen LogP contribution in [-0.4, -0.2) is 22.7 Å². The molecule has 14 heavy (non-hydrogen) atoms. The van der Waals surface area contributed by atoms with Crippen molar-refractivity contribution in [3.63, 3.8) is 0 Å². The van der Waals surface area contributed by atoms with Gasteiger partial charge in [0.1, 0.15) is 0 Å². The third-order valence-corrected chi connectivity index (χ3v) is 4.00. The summed E-state index contributed by atoms with van der Waals surface area (Å²) in [4.78, 5) is 2.51. The third kappa shape index (κ3) is 1.31. The molecule has 2 nitrogen and oxygen atoms in total. The van der Waals surface area contributed by atoms with Gasteiger partial charge >= 0.3 is 0 Å². The van der Waals surface area contributed by atoms with E-state index in [1.54, 1.807) is 0 Å². The molecule has 1 atom stereocenters. The Kier molecular flexibility index (Phi) is 1.96. The van der Waals surface area contributed by atoms with Crippen LogP contribution in [-0.2, 0) is 6.54 Å². The first kappa shape index (κ1) is 8.62. The third-order valence-electron chi connectivity index (χ3n) is 2.93. The SMILES string of the molecule is Cc1ccc2c(c1)CN1CSCC1N2. The highest BCUT2D eigenvalue weighted by Crippen LogP contribution is 2.32. The Bertz CT molecular complexity index is 364. The van der Waals surface area contributed by atoms with Crippen molar-refractivity contribution in [1.82, 2.24) is 4.90 Å². The topological polar surface area (TPSA) is 15.3 Å². The molecule has 0 spiro atoms.